The molecule has 0 aliphatic heterocycles. The predicted octanol–water partition coefficient (Wildman–Crippen LogP) is 4.50. The van der Waals surface area contributed by atoms with Gasteiger partial charge in [0.05, 0.1) is 0 Å². The zero-order valence-corrected chi connectivity index (χ0v) is 12.3. The highest BCUT2D eigenvalue weighted by Gasteiger charge is 2.22. The van der Waals surface area contributed by atoms with Crippen LogP contribution in [0.15, 0.2) is 12.7 Å². The molecule has 1 heteroatoms. The molecule has 0 aliphatic rings. The fourth-order valence-electron chi connectivity index (χ4n) is 1.31. The van der Waals surface area contributed by atoms with Crippen LogP contribution in [0, 0.1) is 22.8 Å². The zero-order valence-electron chi connectivity index (χ0n) is 11.3. The number of allylic oxidation sites excluding steroid dienone is 1. The van der Waals surface area contributed by atoms with E-state index >= 15 is 0 Å². The molecule has 0 aromatic carbocycles. The average molecular weight is 222 g/mol. The average Bonchev–Trinajstić information content (AvgIpc) is 1.99. The van der Waals surface area contributed by atoms with Crippen molar-refractivity contribution in [3.8, 4) is 11.5 Å². The summed E-state index contributed by atoms with van der Waals surface area (Å²) < 4.78 is 0. The number of rotatable bonds is 3. The van der Waals surface area contributed by atoms with Crippen molar-refractivity contribution in [2.45, 2.75) is 53.3 Å². The molecular formula is C14H26Si. The van der Waals surface area contributed by atoms with Crippen molar-refractivity contribution < 1.29 is 0 Å². The van der Waals surface area contributed by atoms with Crippen LogP contribution in [0.5, 0.6) is 0 Å². The van der Waals surface area contributed by atoms with E-state index in [9.17, 15) is 0 Å². The van der Waals surface area contributed by atoms with Crippen LogP contribution < -0.4 is 0 Å². The Morgan fingerprint density at radius 2 is 1.80 bits per heavy atom. The minimum atomic E-state index is -1.22. The lowest BCUT2D eigenvalue weighted by atomic mass is 9.79. The molecule has 86 valence electrons. The van der Waals surface area contributed by atoms with E-state index in [1.165, 1.54) is 0 Å². The van der Waals surface area contributed by atoms with Crippen molar-refractivity contribution in [3.05, 3.63) is 12.7 Å². The first-order chi connectivity index (χ1) is 6.67. The third-order valence-corrected chi connectivity index (χ3v) is 3.22. The summed E-state index contributed by atoms with van der Waals surface area (Å²) in [7, 11) is -1.22. The third kappa shape index (κ3) is 7.45. The highest BCUT2D eigenvalue weighted by atomic mass is 28.3. The topological polar surface area (TPSA) is 0 Å². The van der Waals surface area contributed by atoms with Gasteiger partial charge in [0.1, 0.15) is 8.07 Å². The molecule has 0 saturated carbocycles. The molecule has 0 amide bonds. The molecule has 0 rings (SSSR count). The summed E-state index contributed by atoms with van der Waals surface area (Å²) >= 11 is 0. The molecule has 0 aliphatic carbocycles. The molecule has 15 heavy (non-hydrogen) atoms. The predicted molar refractivity (Wildman–Crippen MR) is 73.5 cm³/mol. The molecule has 0 bridgehead atoms. The summed E-state index contributed by atoms with van der Waals surface area (Å²) in [5.74, 6) is 4.00. The highest BCUT2D eigenvalue weighted by molar-refractivity contribution is 6.83. The normalized spacial score (nSPS) is 14.0. The van der Waals surface area contributed by atoms with Gasteiger partial charge in [-0.25, -0.2) is 0 Å². The van der Waals surface area contributed by atoms with Gasteiger partial charge in [-0.3, -0.25) is 0 Å². The molecule has 0 N–H and O–H groups in total. The fourth-order valence-corrected chi connectivity index (χ4v) is 1.92. The van der Waals surface area contributed by atoms with Crippen molar-refractivity contribution in [1.82, 2.24) is 0 Å². The summed E-state index contributed by atoms with van der Waals surface area (Å²) in [6.07, 6.45) is 4.21. The van der Waals surface area contributed by atoms with Gasteiger partial charge in [-0.05, 0) is 18.3 Å². The van der Waals surface area contributed by atoms with Crippen molar-refractivity contribution in [2.75, 3.05) is 0 Å². The van der Waals surface area contributed by atoms with Crippen molar-refractivity contribution in [3.63, 3.8) is 0 Å². The molecular weight excluding hydrogens is 196 g/mol. The molecule has 0 radical (unpaired) electrons. The van der Waals surface area contributed by atoms with Gasteiger partial charge < -0.3 is 0 Å². The van der Waals surface area contributed by atoms with E-state index in [2.05, 4.69) is 58.5 Å². The van der Waals surface area contributed by atoms with Crippen molar-refractivity contribution in [1.29, 1.82) is 0 Å². The van der Waals surface area contributed by atoms with Gasteiger partial charge in [0.2, 0.25) is 0 Å². The van der Waals surface area contributed by atoms with Gasteiger partial charge in [0.25, 0.3) is 0 Å². The van der Waals surface area contributed by atoms with E-state index in [1.54, 1.807) is 0 Å². The fraction of sp³-hybridized carbons (Fsp3) is 0.714. The van der Waals surface area contributed by atoms with Crippen LogP contribution in [0.4, 0.5) is 0 Å². The lowest BCUT2D eigenvalue weighted by molar-refractivity contribution is 0.290. The zero-order chi connectivity index (χ0) is 12.1. The first kappa shape index (κ1) is 14.5. The Kier molecular flexibility index (Phi) is 5.38. The maximum absolute atomic E-state index is 3.78. The van der Waals surface area contributed by atoms with Gasteiger partial charge >= 0.3 is 0 Å². The SMILES string of the molecule is C=CCCC(C#C[Si](C)(C)C)C(C)(C)C. The van der Waals surface area contributed by atoms with E-state index in [-0.39, 0.29) is 5.41 Å². The number of hydrogen-bond acceptors (Lipinski definition) is 0. The lowest BCUT2D eigenvalue weighted by Crippen LogP contribution is -2.22. The largest absolute Gasteiger partial charge is 0.132 e. The minimum absolute atomic E-state index is 0.287. The number of hydrogen-bond donors (Lipinski definition) is 0. The lowest BCUT2D eigenvalue weighted by Gasteiger charge is -2.26. The second kappa shape index (κ2) is 5.56. The van der Waals surface area contributed by atoms with E-state index in [4.69, 9.17) is 0 Å². The van der Waals surface area contributed by atoms with E-state index in [1.807, 2.05) is 6.08 Å². The van der Waals surface area contributed by atoms with Crippen LogP contribution in [0.3, 0.4) is 0 Å². The second-order valence-electron chi connectivity index (χ2n) is 6.30. The maximum atomic E-state index is 3.78. The Morgan fingerprint density at radius 3 is 2.13 bits per heavy atom. The molecule has 0 nitrogen and oxygen atoms in total. The third-order valence-electron chi connectivity index (χ3n) is 2.33. The Hall–Kier alpha value is -0.483. The molecule has 0 aromatic heterocycles. The second-order valence-corrected chi connectivity index (χ2v) is 11.1. The van der Waals surface area contributed by atoms with Gasteiger partial charge in [0.15, 0.2) is 0 Å². The molecule has 0 heterocycles. The van der Waals surface area contributed by atoms with Gasteiger partial charge in [-0.2, -0.15) is 0 Å². The van der Waals surface area contributed by atoms with Crippen LogP contribution in [0.2, 0.25) is 19.6 Å². The molecule has 0 spiro atoms. The maximum Gasteiger partial charge on any atom is 0.129 e. The minimum Gasteiger partial charge on any atom is -0.132 e. The molecule has 1 atom stereocenters. The summed E-state index contributed by atoms with van der Waals surface area (Å²) in [4.78, 5) is 0. The van der Waals surface area contributed by atoms with Gasteiger partial charge in [-0.1, -0.05) is 46.5 Å². The van der Waals surface area contributed by atoms with E-state index in [0.29, 0.717) is 5.92 Å². The Balaban J connectivity index is 4.63. The van der Waals surface area contributed by atoms with Crippen LogP contribution in [-0.4, -0.2) is 8.07 Å². The van der Waals surface area contributed by atoms with Gasteiger partial charge in [-0.15, -0.1) is 18.0 Å². The molecule has 1 unspecified atom stereocenters. The molecule has 0 aromatic rings. The van der Waals surface area contributed by atoms with E-state index in [0.717, 1.165) is 12.8 Å². The summed E-state index contributed by atoms with van der Waals surface area (Å²) in [6.45, 7) is 17.5. The van der Waals surface area contributed by atoms with Gasteiger partial charge in [0, 0.05) is 5.92 Å². The van der Waals surface area contributed by atoms with Crippen molar-refractivity contribution in [2.24, 2.45) is 11.3 Å². The Bertz CT molecular complexity index is 252. The first-order valence-electron chi connectivity index (χ1n) is 5.80. The van der Waals surface area contributed by atoms with Crippen LogP contribution in [0.1, 0.15) is 33.6 Å². The first-order valence-corrected chi connectivity index (χ1v) is 9.30. The Labute approximate surface area is 97.2 Å². The summed E-state index contributed by atoms with van der Waals surface area (Å²) in [6, 6.07) is 0. The van der Waals surface area contributed by atoms with Crippen LogP contribution in [0.25, 0.3) is 0 Å². The standard InChI is InChI=1S/C14H26Si/c1-8-9-10-13(14(2,3)4)11-12-15(5,6)7/h8,13H,1,9-10H2,2-7H3. The highest BCUT2D eigenvalue weighted by Crippen LogP contribution is 2.29. The summed E-state index contributed by atoms with van der Waals surface area (Å²) in [5.41, 5.74) is 3.78. The summed E-state index contributed by atoms with van der Waals surface area (Å²) in [5, 5.41) is 0. The monoisotopic (exact) mass is 222 g/mol. The molecule has 0 saturated heterocycles. The molecule has 0 fully saturated rings. The smallest absolute Gasteiger partial charge is 0.129 e. The van der Waals surface area contributed by atoms with Crippen molar-refractivity contribution >= 4 is 8.07 Å². The quantitative estimate of drug-likeness (QED) is 0.375. The van der Waals surface area contributed by atoms with Crippen LogP contribution >= 0.6 is 0 Å². The van der Waals surface area contributed by atoms with Crippen LogP contribution in [-0.2, 0) is 0 Å². The Morgan fingerprint density at radius 1 is 1.27 bits per heavy atom. The van der Waals surface area contributed by atoms with E-state index < -0.39 is 8.07 Å².